The maximum Gasteiger partial charge on any atom is 0.229 e. The predicted octanol–water partition coefficient (Wildman–Crippen LogP) is 1.66. The molecule has 0 heterocycles. The second kappa shape index (κ2) is 6.08. The summed E-state index contributed by atoms with van der Waals surface area (Å²) in [7, 11) is 1.57. The Morgan fingerprint density at radius 1 is 1.38 bits per heavy atom. The minimum atomic E-state index is -0.808. The smallest absolute Gasteiger partial charge is 0.229 e. The maximum atomic E-state index is 11.6. The third-order valence-electron chi connectivity index (χ3n) is 2.43. The van der Waals surface area contributed by atoms with E-state index in [1.54, 1.807) is 19.2 Å². The first-order chi connectivity index (χ1) is 7.70. The minimum absolute atomic E-state index is 0.186. The highest BCUT2D eigenvalue weighted by molar-refractivity contribution is 5.80. The number of benzene rings is 1. The normalized spacial score (nSPS) is 14.7. The molecule has 0 bridgehead atoms. The van der Waals surface area contributed by atoms with Crippen molar-refractivity contribution in [3.05, 3.63) is 48.0 Å². The fraction of sp³-hybridized carbons (Fsp3) is 0.308. The van der Waals surface area contributed by atoms with Crippen molar-refractivity contribution in [3.8, 4) is 0 Å². The Hall–Kier alpha value is -1.61. The van der Waals surface area contributed by atoms with E-state index in [1.165, 1.54) is 0 Å². The highest BCUT2D eigenvalue weighted by Gasteiger charge is 2.24. The SMILES string of the molecule is C/C=C/C(C(=O)NC)C(O)c1ccccc1. The van der Waals surface area contributed by atoms with Crippen molar-refractivity contribution in [3.63, 3.8) is 0 Å². The van der Waals surface area contributed by atoms with Gasteiger partial charge in [0.2, 0.25) is 5.91 Å². The van der Waals surface area contributed by atoms with E-state index in [4.69, 9.17) is 0 Å². The molecular formula is C13H17NO2. The van der Waals surface area contributed by atoms with Crippen LogP contribution < -0.4 is 5.32 Å². The van der Waals surface area contributed by atoms with Gasteiger partial charge in [0, 0.05) is 7.05 Å². The number of allylic oxidation sites excluding steroid dienone is 1. The molecule has 2 atom stereocenters. The van der Waals surface area contributed by atoms with Crippen LogP contribution >= 0.6 is 0 Å². The summed E-state index contributed by atoms with van der Waals surface area (Å²) < 4.78 is 0. The van der Waals surface area contributed by atoms with E-state index in [2.05, 4.69) is 5.32 Å². The van der Waals surface area contributed by atoms with E-state index in [9.17, 15) is 9.90 Å². The van der Waals surface area contributed by atoms with Gasteiger partial charge in [0.1, 0.15) is 0 Å². The number of aliphatic hydroxyl groups is 1. The summed E-state index contributed by atoms with van der Waals surface area (Å²) in [6.45, 7) is 1.83. The maximum absolute atomic E-state index is 11.6. The van der Waals surface area contributed by atoms with Crippen LogP contribution in [0.1, 0.15) is 18.6 Å². The van der Waals surface area contributed by atoms with Gasteiger partial charge in [-0.2, -0.15) is 0 Å². The molecule has 16 heavy (non-hydrogen) atoms. The Bertz CT molecular complexity index is 359. The number of aliphatic hydroxyl groups excluding tert-OH is 1. The third-order valence-corrected chi connectivity index (χ3v) is 2.43. The first kappa shape index (κ1) is 12.5. The summed E-state index contributed by atoms with van der Waals surface area (Å²) >= 11 is 0. The Labute approximate surface area is 95.8 Å². The predicted molar refractivity (Wildman–Crippen MR) is 63.8 cm³/mol. The van der Waals surface area contributed by atoms with E-state index in [0.717, 1.165) is 5.56 Å². The van der Waals surface area contributed by atoms with Gasteiger partial charge in [-0.1, -0.05) is 42.5 Å². The molecule has 2 unspecified atom stereocenters. The van der Waals surface area contributed by atoms with E-state index in [1.807, 2.05) is 37.3 Å². The molecular weight excluding hydrogens is 202 g/mol. The number of rotatable bonds is 4. The number of nitrogens with one attached hydrogen (secondary N) is 1. The molecule has 3 nitrogen and oxygen atoms in total. The monoisotopic (exact) mass is 219 g/mol. The average molecular weight is 219 g/mol. The summed E-state index contributed by atoms with van der Waals surface area (Å²) in [4.78, 5) is 11.6. The average Bonchev–Trinajstić information content (AvgIpc) is 2.35. The zero-order chi connectivity index (χ0) is 12.0. The highest BCUT2D eigenvalue weighted by atomic mass is 16.3. The quantitative estimate of drug-likeness (QED) is 0.757. The molecule has 0 aliphatic rings. The molecule has 0 aliphatic carbocycles. The second-order valence-electron chi connectivity index (χ2n) is 3.52. The fourth-order valence-corrected chi connectivity index (χ4v) is 1.57. The lowest BCUT2D eigenvalue weighted by atomic mass is 9.94. The third kappa shape index (κ3) is 2.94. The zero-order valence-corrected chi connectivity index (χ0v) is 9.55. The molecule has 86 valence electrons. The molecule has 1 aromatic carbocycles. The largest absolute Gasteiger partial charge is 0.387 e. The van der Waals surface area contributed by atoms with E-state index in [-0.39, 0.29) is 5.91 Å². The lowest BCUT2D eigenvalue weighted by molar-refractivity contribution is -0.126. The van der Waals surface area contributed by atoms with E-state index >= 15 is 0 Å². The molecule has 0 aliphatic heterocycles. The van der Waals surface area contributed by atoms with Gasteiger partial charge in [-0.3, -0.25) is 4.79 Å². The molecule has 1 rings (SSSR count). The van der Waals surface area contributed by atoms with Crippen LogP contribution in [0, 0.1) is 5.92 Å². The molecule has 0 saturated heterocycles. The number of carbonyl (C=O) groups is 1. The van der Waals surface area contributed by atoms with Crippen molar-refractivity contribution < 1.29 is 9.90 Å². The Kier molecular flexibility index (Phi) is 4.73. The standard InChI is InChI=1S/C13H17NO2/c1-3-7-11(13(16)14-2)12(15)10-8-5-4-6-9-10/h3-9,11-12,15H,1-2H3,(H,14,16)/b7-3+. The number of hydrogen-bond donors (Lipinski definition) is 2. The lowest BCUT2D eigenvalue weighted by Gasteiger charge is -2.18. The van der Waals surface area contributed by atoms with Gasteiger partial charge in [0.15, 0.2) is 0 Å². The van der Waals surface area contributed by atoms with Crippen LogP contribution in [-0.2, 0) is 4.79 Å². The summed E-state index contributed by atoms with van der Waals surface area (Å²) in [6, 6.07) is 9.18. The van der Waals surface area contributed by atoms with Crippen LogP contribution in [0.25, 0.3) is 0 Å². The molecule has 1 amide bonds. The molecule has 0 radical (unpaired) electrons. The lowest BCUT2D eigenvalue weighted by Crippen LogP contribution is -2.30. The van der Waals surface area contributed by atoms with Gasteiger partial charge in [-0.15, -0.1) is 0 Å². The van der Waals surface area contributed by atoms with Crippen LogP contribution in [0.3, 0.4) is 0 Å². The van der Waals surface area contributed by atoms with Gasteiger partial charge < -0.3 is 10.4 Å². The fourth-order valence-electron chi connectivity index (χ4n) is 1.57. The molecule has 0 spiro atoms. The van der Waals surface area contributed by atoms with Gasteiger partial charge >= 0.3 is 0 Å². The second-order valence-corrected chi connectivity index (χ2v) is 3.52. The molecule has 0 fully saturated rings. The number of carbonyl (C=O) groups excluding carboxylic acids is 1. The zero-order valence-electron chi connectivity index (χ0n) is 9.55. The first-order valence-corrected chi connectivity index (χ1v) is 5.28. The summed E-state index contributed by atoms with van der Waals surface area (Å²) in [5, 5.41) is 12.7. The Morgan fingerprint density at radius 2 is 2.00 bits per heavy atom. The first-order valence-electron chi connectivity index (χ1n) is 5.28. The molecule has 0 saturated carbocycles. The number of hydrogen-bond acceptors (Lipinski definition) is 2. The topological polar surface area (TPSA) is 49.3 Å². The van der Waals surface area contributed by atoms with Crippen LogP contribution in [0.5, 0.6) is 0 Å². The van der Waals surface area contributed by atoms with Crippen molar-refractivity contribution in [1.82, 2.24) is 5.32 Å². The van der Waals surface area contributed by atoms with Crippen molar-refractivity contribution in [2.75, 3.05) is 7.05 Å². The molecule has 1 aromatic rings. The van der Waals surface area contributed by atoms with Crippen LogP contribution in [-0.4, -0.2) is 18.1 Å². The van der Waals surface area contributed by atoms with Gasteiger partial charge in [0.05, 0.1) is 12.0 Å². The number of amides is 1. The molecule has 2 N–H and O–H groups in total. The van der Waals surface area contributed by atoms with Crippen LogP contribution in [0.2, 0.25) is 0 Å². The molecule has 3 heteroatoms. The van der Waals surface area contributed by atoms with Gasteiger partial charge in [-0.05, 0) is 12.5 Å². The van der Waals surface area contributed by atoms with Crippen molar-refractivity contribution in [2.24, 2.45) is 5.92 Å². The van der Waals surface area contributed by atoms with E-state index < -0.39 is 12.0 Å². The van der Waals surface area contributed by atoms with Gasteiger partial charge in [-0.25, -0.2) is 0 Å². The van der Waals surface area contributed by atoms with Crippen LogP contribution in [0.15, 0.2) is 42.5 Å². The van der Waals surface area contributed by atoms with Crippen molar-refractivity contribution in [1.29, 1.82) is 0 Å². The minimum Gasteiger partial charge on any atom is -0.387 e. The summed E-state index contributed by atoms with van der Waals surface area (Å²) in [5.74, 6) is -0.730. The Morgan fingerprint density at radius 3 is 2.50 bits per heavy atom. The Balaban J connectivity index is 2.91. The van der Waals surface area contributed by atoms with Crippen LogP contribution in [0.4, 0.5) is 0 Å². The summed E-state index contributed by atoms with van der Waals surface area (Å²) in [6.07, 6.45) is 2.67. The molecule has 0 aromatic heterocycles. The van der Waals surface area contributed by atoms with Gasteiger partial charge in [0.25, 0.3) is 0 Å². The van der Waals surface area contributed by atoms with Crippen molar-refractivity contribution in [2.45, 2.75) is 13.0 Å². The summed E-state index contributed by atoms with van der Waals surface area (Å²) in [5.41, 5.74) is 0.745. The highest BCUT2D eigenvalue weighted by Crippen LogP contribution is 2.23. The van der Waals surface area contributed by atoms with Crippen molar-refractivity contribution >= 4 is 5.91 Å². The van der Waals surface area contributed by atoms with E-state index in [0.29, 0.717) is 0 Å².